The summed E-state index contributed by atoms with van der Waals surface area (Å²) in [6.45, 7) is 7.67. The van der Waals surface area contributed by atoms with E-state index in [0.29, 0.717) is 19.6 Å². The lowest BCUT2D eigenvalue weighted by Gasteiger charge is -2.19. The van der Waals surface area contributed by atoms with Gasteiger partial charge < -0.3 is 19.1 Å². The fourth-order valence-electron chi connectivity index (χ4n) is 5.71. The SMILES string of the molecule is CCCCCC=CCC=CCCCCCCCCOCC(COCCCCCCCCC=CCC=CCCCCC)OC(=O)CCCN(C)C. The first kappa shape index (κ1) is 48.3. The number of carbonyl (C=O) groups excluding carboxylic acids is 1. The number of unbranched alkanes of at least 4 members (excludes halogenated alkanes) is 18. The van der Waals surface area contributed by atoms with Gasteiger partial charge in [0.1, 0.15) is 6.10 Å². The predicted octanol–water partition coefficient (Wildman–Crippen LogP) is 12.9. The molecule has 0 aliphatic carbocycles. The summed E-state index contributed by atoms with van der Waals surface area (Å²) in [5.41, 5.74) is 0. The number of hydrogen-bond acceptors (Lipinski definition) is 5. The molecule has 0 aliphatic rings. The zero-order valence-corrected chi connectivity index (χ0v) is 33.7. The highest BCUT2D eigenvalue weighted by Crippen LogP contribution is 2.11. The molecule has 0 amide bonds. The Morgan fingerprint density at radius 3 is 1.28 bits per heavy atom. The Kier molecular flexibility index (Phi) is 40.3. The average Bonchev–Trinajstić information content (AvgIpc) is 3.10. The molecule has 5 heteroatoms. The molecular weight excluding hydrogens is 618 g/mol. The summed E-state index contributed by atoms with van der Waals surface area (Å²) in [5, 5.41) is 0. The van der Waals surface area contributed by atoms with Gasteiger partial charge in [-0.15, -0.1) is 0 Å². The van der Waals surface area contributed by atoms with Crippen LogP contribution >= 0.6 is 0 Å². The topological polar surface area (TPSA) is 48.0 Å². The molecule has 0 heterocycles. The number of esters is 1. The third-order valence-corrected chi connectivity index (χ3v) is 8.87. The van der Waals surface area contributed by atoms with Crippen molar-refractivity contribution in [2.45, 2.75) is 187 Å². The van der Waals surface area contributed by atoms with Gasteiger partial charge in [0.25, 0.3) is 0 Å². The van der Waals surface area contributed by atoms with Crippen LogP contribution in [0.3, 0.4) is 0 Å². The van der Waals surface area contributed by atoms with Gasteiger partial charge in [0.2, 0.25) is 0 Å². The van der Waals surface area contributed by atoms with Crippen molar-refractivity contribution in [1.29, 1.82) is 0 Å². The van der Waals surface area contributed by atoms with Gasteiger partial charge in [-0.2, -0.15) is 0 Å². The minimum absolute atomic E-state index is 0.147. The Balaban J connectivity index is 3.95. The smallest absolute Gasteiger partial charge is 0.306 e. The van der Waals surface area contributed by atoms with Crippen molar-refractivity contribution in [3.63, 3.8) is 0 Å². The van der Waals surface area contributed by atoms with E-state index in [1.807, 2.05) is 14.1 Å². The Hall–Kier alpha value is -1.69. The van der Waals surface area contributed by atoms with E-state index in [1.54, 1.807) is 0 Å². The molecule has 0 radical (unpaired) electrons. The molecule has 292 valence electrons. The van der Waals surface area contributed by atoms with Crippen LogP contribution in [0.15, 0.2) is 48.6 Å². The van der Waals surface area contributed by atoms with Crippen LogP contribution in [0.4, 0.5) is 0 Å². The highest BCUT2D eigenvalue weighted by Gasteiger charge is 2.15. The number of ether oxygens (including phenoxy) is 3. The van der Waals surface area contributed by atoms with Gasteiger partial charge in [0.15, 0.2) is 0 Å². The van der Waals surface area contributed by atoms with Crippen LogP contribution in [-0.4, -0.2) is 64.0 Å². The molecule has 0 aromatic carbocycles. The Labute approximate surface area is 311 Å². The molecule has 0 fully saturated rings. The molecular formula is C45H83NO4. The van der Waals surface area contributed by atoms with Crippen LogP contribution in [0.5, 0.6) is 0 Å². The first-order chi connectivity index (χ1) is 24.6. The number of rotatable bonds is 39. The van der Waals surface area contributed by atoms with Crippen molar-refractivity contribution in [3.8, 4) is 0 Å². The largest absolute Gasteiger partial charge is 0.457 e. The van der Waals surface area contributed by atoms with Crippen molar-refractivity contribution < 1.29 is 19.0 Å². The van der Waals surface area contributed by atoms with E-state index in [0.717, 1.165) is 51.9 Å². The van der Waals surface area contributed by atoms with E-state index in [4.69, 9.17) is 14.2 Å². The van der Waals surface area contributed by atoms with Gasteiger partial charge in [0, 0.05) is 19.6 Å². The summed E-state index contributed by atoms with van der Waals surface area (Å²) in [6.07, 6.45) is 49.2. The maximum atomic E-state index is 12.5. The second-order valence-corrected chi connectivity index (χ2v) is 14.3. The summed E-state index contributed by atoms with van der Waals surface area (Å²) in [7, 11) is 4.05. The lowest BCUT2D eigenvalue weighted by atomic mass is 10.1. The molecule has 0 bridgehead atoms. The van der Waals surface area contributed by atoms with E-state index >= 15 is 0 Å². The first-order valence-corrected chi connectivity index (χ1v) is 21.2. The van der Waals surface area contributed by atoms with E-state index in [2.05, 4.69) is 67.4 Å². The summed E-state index contributed by atoms with van der Waals surface area (Å²) in [4.78, 5) is 14.5. The Bertz CT molecular complexity index is 751. The third-order valence-electron chi connectivity index (χ3n) is 8.87. The van der Waals surface area contributed by atoms with Gasteiger partial charge in [-0.05, 0) is 104 Å². The Morgan fingerprint density at radius 1 is 0.500 bits per heavy atom. The van der Waals surface area contributed by atoms with Crippen molar-refractivity contribution >= 4 is 5.97 Å². The standard InChI is InChI=1S/C45H83NO4/c1-5-7-9-11-13-15-17-19-21-23-25-27-29-31-33-35-40-48-42-44(50-45(47)38-37-39-46(3)4)43-49-41-36-34-32-30-28-26-24-22-20-18-16-14-12-10-8-6-2/h13-16,19-22,44H,5-12,17-18,23-43H2,1-4H3. The van der Waals surface area contributed by atoms with Crippen molar-refractivity contribution in [3.05, 3.63) is 48.6 Å². The quantitative estimate of drug-likeness (QED) is 0.0363. The maximum absolute atomic E-state index is 12.5. The molecule has 50 heavy (non-hydrogen) atoms. The first-order valence-electron chi connectivity index (χ1n) is 21.2. The van der Waals surface area contributed by atoms with E-state index < -0.39 is 0 Å². The second-order valence-electron chi connectivity index (χ2n) is 14.3. The normalized spacial score (nSPS) is 12.9. The van der Waals surface area contributed by atoms with Crippen molar-refractivity contribution in [1.82, 2.24) is 4.90 Å². The van der Waals surface area contributed by atoms with Crippen LogP contribution in [0.2, 0.25) is 0 Å². The van der Waals surface area contributed by atoms with Crippen LogP contribution in [0.25, 0.3) is 0 Å². The van der Waals surface area contributed by atoms with Gasteiger partial charge in [0.05, 0.1) is 13.2 Å². The van der Waals surface area contributed by atoms with Gasteiger partial charge in [-0.1, -0.05) is 140 Å². The van der Waals surface area contributed by atoms with E-state index in [1.165, 1.54) is 128 Å². The van der Waals surface area contributed by atoms with Crippen molar-refractivity contribution in [2.24, 2.45) is 0 Å². The number of carbonyl (C=O) groups is 1. The van der Waals surface area contributed by atoms with E-state index in [9.17, 15) is 4.79 Å². The molecule has 0 aliphatic heterocycles. The summed E-state index contributed by atoms with van der Waals surface area (Å²) < 4.78 is 17.7. The molecule has 0 aromatic rings. The van der Waals surface area contributed by atoms with Gasteiger partial charge in [-0.3, -0.25) is 4.79 Å². The molecule has 0 unspecified atom stereocenters. The summed E-state index contributed by atoms with van der Waals surface area (Å²) in [5.74, 6) is -0.147. The van der Waals surface area contributed by atoms with Crippen LogP contribution in [0.1, 0.15) is 181 Å². The van der Waals surface area contributed by atoms with Gasteiger partial charge in [-0.25, -0.2) is 0 Å². The molecule has 0 saturated heterocycles. The summed E-state index contributed by atoms with van der Waals surface area (Å²) in [6, 6.07) is 0. The monoisotopic (exact) mass is 702 g/mol. The summed E-state index contributed by atoms with van der Waals surface area (Å²) >= 11 is 0. The van der Waals surface area contributed by atoms with Crippen LogP contribution < -0.4 is 0 Å². The number of hydrogen-bond donors (Lipinski definition) is 0. The number of allylic oxidation sites excluding steroid dienone is 8. The fraction of sp³-hybridized carbons (Fsp3) is 0.800. The fourth-order valence-corrected chi connectivity index (χ4v) is 5.71. The molecule has 0 aromatic heterocycles. The molecule has 0 spiro atoms. The zero-order valence-electron chi connectivity index (χ0n) is 33.7. The zero-order chi connectivity index (χ0) is 36.4. The third kappa shape index (κ3) is 40.7. The van der Waals surface area contributed by atoms with Crippen LogP contribution in [0, 0.1) is 0 Å². The molecule has 0 saturated carbocycles. The van der Waals surface area contributed by atoms with Crippen LogP contribution in [-0.2, 0) is 19.0 Å². The lowest BCUT2D eigenvalue weighted by molar-refractivity contribution is -0.156. The average molecular weight is 702 g/mol. The lowest BCUT2D eigenvalue weighted by Crippen LogP contribution is -2.29. The van der Waals surface area contributed by atoms with Gasteiger partial charge >= 0.3 is 5.97 Å². The Morgan fingerprint density at radius 2 is 0.880 bits per heavy atom. The molecule has 0 N–H and O–H groups in total. The highest BCUT2D eigenvalue weighted by atomic mass is 16.6. The van der Waals surface area contributed by atoms with E-state index in [-0.39, 0.29) is 12.1 Å². The number of nitrogens with zero attached hydrogens (tertiary/aromatic N) is 1. The molecule has 0 atom stereocenters. The minimum atomic E-state index is -0.323. The predicted molar refractivity (Wildman–Crippen MR) is 218 cm³/mol. The molecule has 5 nitrogen and oxygen atoms in total. The highest BCUT2D eigenvalue weighted by molar-refractivity contribution is 5.69. The second kappa shape index (κ2) is 41.7. The minimum Gasteiger partial charge on any atom is -0.457 e. The molecule has 0 rings (SSSR count). The maximum Gasteiger partial charge on any atom is 0.306 e. The van der Waals surface area contributed by atoms with Crippen molar-refractivity contribution in [2.75, 3.05) is 47.1 Å².